The van der Waals surface area contributed by atoms with Gasteiger partial charge in [0.25, 0.3) is 11.8 Å². The summed E-state index contributed by atoms with van der Waals surface area (Å²) in [6, 6.07) is 14.5. The van der Waals surface area contributed by atoms with Gasteiger partial charge in [-0.1, -0.05) is 41.9 Å². The van der Waals surface area contributed by atoms with E-state index >= 15 is 0 Å². The summed E-state index contributed by atoms with van der Waals surface area (Å²) in [7, 11) is 0. The molecular weight excluding hydrogens is 402 g/mol. The molecule has 6 nitrogen and oxygen atoms in total. The number of aromatic nitrogens is 1. The smallest absolute Gasteiger partial charge is 0.267 e. The minimum Gasteiger partial charge on any atom is -0.396 e. The van der Waals surface area contributed by atoms with Gasteiger partial charge >= 0.3 is 0 Å². The molecule has 0 radical (unpaired) electrons. The summed E-state index contributed by atoms with van der Waals surface area (Å²) in [6.45, 7) is 3.08. The number of rotatable bonds is 8. The maximum Gasteiger partial charge on any atom is 0.267 e. The molecule has 0 unspecified atom stereocenters. The molecular formula is C23H24ClN3O3. The van der Waals surface area contributed by atoms with Crippen LogP contribution in [0.3, 0.4) is 0 Å². The number of nitrogens with one attached hydrogen (secondary N) is 2. The van der Waals surface area contributed by atoms with E-state index in [9.17, 15) is 9.59 Å². The van der Waals surface area contributed by atoms with Gasteiger partial charge < -0.3 is 20.3 Å². The average molecular weight is 426 g/mol. The molecule has 0 aliphatic rings. The maximum absolute atomic E-state index is 12.8. The number of carbonyl (C=O) groups is 2. The molecule has 0 bridgehead atoms. The van der Waals surface area contributed by atoms with Crippen molar-refractivity contribution in [1.29, 1.82) is 0 Å². The Kier molecular flexibility index (Phi) is 7.27. The molecule has 0 saturated heterocycles. The highest BCUT2D eigenvalue weighted by Gasteiger charge is 2.17. The number of nitrogens with zero attached hydrogens (tertiary/aromatic N) is 1. The Morgan fingerprint density at radius 2 is 1.87 bits per heavy atom. The summed E-state index contributed by atoms with van der Waals surface area (Å²) in [5, 5.41) is 15.7. The van der Waals surface area contributed by atoms with Crippen molar-refractivity contribution in [3.05, 3.63) is 76.6 Å². The van der Waals surface area contributed by atoms with Crippen LogP contribution < -0.4 is 10.6 Å². The van der Waals surface area contributed by atoms with E-state index in [0.717, 1.165) is 23.0 Å². The number of aryl methyl sites for hydroxylation is 1. The van der Waals surface area contributed by atoms with E-state index in [1.165, 1.54) is 0 Å². The lowest BCUT2D eigenvalue weighted by Gasteiger charge is -2.11. The first-order chi connectivity index (χ1) is 14.5. The van der Waals surface area contributed by atoms with Crippen LogP contribution in [0.5, 0.6) is 0 Å². The molecule has 0 fully saturated rings. The molecule has 156 valence electrons. The first kappa shape index (κ1) is 21.6. The quantitative estimate of drug-likeness (QED) is 0.381. The second-order valence-corrected chi connectivity index (χ2v) is 7.12. The number of fused-ring (bicyclic) bond motifs is 1. The third-order valence-electron chi connectivity index (χ3n) is 4.69. The Morgan fingerprint density at radius 3 is 2.60 bits per heavy atom. The minimum absolute atomic E-state index is 0.0324. The van der Waals surface area contributed by atoms with Crippen molar-refractivity contribution in [1.82, 2.24) is 15.2 Å². The van der Waals surface area contributed by atoms with Crippen molar-refractivity contribution in [2.45, 2.75) is 19.9 Å². The molecule has 0 spiro atoms. The van der Waals surface area contributed by atoms with Crippen LogP contribution in [-0.4, -0.2) is 34.6 Å². The van der Waals surface area contributed by atoms with Gasteiger partial charge in [0.05, 0.1) is 10.6 Å². The summed E-state index contributed by atoms with van der Waals surface area (Å²) < 4.78 is 2.08. The third kappa shape index (κ3) is 4.90. The lowest BCUT2D eigenvalue weighted by Crippen LogP contribution is -2.35. The normalized spacial score (nSPS) is 11.5. The Bertz CT molecular complexity index is 1090. The number of para-hydroxylation sites is 1. The standard InChI is InChI=1S/C23H24ClN3O3/c1-2-27-15-16(17-8-4-6-11-21(17)27)14-20(23(30)25-12-7-13-28)26-22(29)18-9-3-5-10-19(18)24/h3-6,8-11,14-15,28H,2,7,12-13H2,1H3,(H,25,30)(H,26,29)/b20-14-. The van der Waals surface area contributed by atoms with Crippen LogP contribution in [0.15, 0.2) is 60.4 Å². The molecule has 2 aromatic carbocycles. The van der Waals surface area contributed by atoms with Crippen LogP contribution >= 0.6 is 11.6 Å². The highest BCUT2D eigenvalue weighted by molar-refractivity contribution is 6.34. The molecule has 0 saturated carbocycles. The summed E-state index contributed by atoms with van der Waals surface area (Å²) >= 11 is 6.13. The van der Waals surface area contributed by atoms with Gasteiger partial charge in [0, 0.05) is 42.4 Å². The zero-order valence-corrected chi connectivity index (χ0v) is 17.4. The molecule has 7 heteroatoms. The highest BCUT2D eigenvalue weighted by atomic mass is 35.5. The number of hydrogen-bond acceptors (Lipinski definition) is 3. The van der Waals surface area contributed by atoms with Gasteiger partial charge in [-0.05, 0) is 37.6 Å². The molecule has 2 amide bonds. The number of carbonyl (C=O) groups excluding carboxylic acids is 2. The monoisotopic (exact) mass is 425 g/mol. The predicted molar refractivity (Wildman–Crippen MR) is 119 cm³/mol. The Balaban J connectivity index is 1.98. The molecule has 3 N–H and O–H groups in total. The first-order valence-corrected chi connectivity index (χ1v) is 10.2. The summed E-state index contributed by atoms with van der Waals surface area (Å²) in [5.41, 5.74) is 2.25. The molecule has 3 aromatic rings. The molecule has 3 rings (SSSR count). The zero-order valence-electron chi connectivity index (χ0n) is 16.7. The van der Waals surface area contributed by atoms with Crippen molar-refractivity contribution >= 4 is 40.4 Å². The molecule has 0 aliphatic heterocycles. The third-order valence-corrected chi connectivity index (χ3v) is 5.02. The SMILES string of the molecule is CCn1cc(/C=C(\NC(=O)c2ccccc2Cl)C(=O)NCCCO)c2ccccc21. The molecule has 0 aliphatic carbocycles. The van der Waals surface area contributed by atoms with Crippen molar-refractivity contribution in [3.8, 4) is 0 Å². The van der Waals surface area contributed by atoms with Crippen LogP contribution in [0.25, 0.3) is 17.0 Å². The number of hydrogen-bond donors (Lipinski definition) is 3. The van der Waals surface area contributed by atoms with Gasteiger partial charge in [-0.25, -0.2) is 0 Å². The second-order valence-electron chi connectivity index (χ2n) is 6.71. The first-order valence-electron chi connectivity index (χ1n) is 9.79. The number of halogens is 1. The Labute approximate surface area is 180 Å². The van der Waals surface area contributed by atoms with Crippen molar-refractivity contribution in [2.75, 3.05) is 13.2 Å². The number of benzene rings is 2. The van der Waals surface area contributed by atoms with Crippen LogP contribution in [0.4, 0.5) is 0 Å². The van der Waals surface area contributed by atoms with Gasteiger partial charge in [-0.3, -0.25) is 9.59 Å². The lowest BCUT2D eigenvalue weighted by molar-refractivity contribution is -0.117. The highest BCUT2D eigenvalue weighted by Crippen LogP contribution is 2.23. The molecule has 1 aromatic heterocycles. The van der Waals surface area contributed by atoms with Gasteiger partial charge in [0.1, 0.15) is 5.70 Å². The molecule has 0 atom stereocenters. The fourth-order valence-corrected chi connectivity index (χ4v) is 3.40. The van der Waals surface area contributed by atoms with Gasteiger partial charge in [-0.15, -0.1) is 0 Å². The Hall–Kier alpha value is -3.09. The molecule has 30 heavy (non-hydrogen) atoms. The van der Waals surface area contributed by atoms with Crippen molar-refractivity contribution in [2.24, 2.45) is 0 Å². The van der Waals surface area contributed by atoms with E-state index in [2.05, 4.69) is 15.2 Å². The van der Waals surface area contributed by atoms with Crippen LogP contribution in [-0.2, 0) is 11.3 Å². The van der Waals surface area contributed by atoms with Crippen LogP contribution in [0.1, 0.15) is 29.3 Å². The summed E-state index contributed by atoms with van der Waals surface area (Å²) in [6.07, 6.45) is 4.04. The van der Waals surface area contributed by atoms with E-state index in [4.69, 9.17) is 16.7 Å². The van der Waals surface area contributed by atoms with Crippen molar-refractivity contribution in [3.63, 3.8) is 0 Å². The van der Waals surface area contributed by atoms with Crippen LogP contribution in [0.2, 0.25) is 5.02 Å². The van der Waals surface area contributed by atoms with Gasteiger partial charge in [0.15, 0.2) is 0 Å². The number of aliphatic hydroxyl groups excluding tert-OH is 1. The van der Waals surface area contributed by atoms with E-state index in [0.29, 0.717) is 18.0 Å². The maximum atomic E-state index is 12.8. The Morgan fingerprint density at radius 1 is 1.13 bits per heavy atom. The second kappa shape index (κ2) is 10.1. The van der Waals surface area contributed by atoms with E-state index in [-0.39, 0.29) is 17.9 Å². The minimum atomic E-state index is -0.469. The lowest BCUT2D eigenvalue weighted by atomic mass is 10.1. The van der Waals surface area contributed by atoms with Crippen LogP contribution in [0, 0.1) is 0 Å². The van der Waals surface area contributed by atoms with E-state index in [1.54, 1.807) is 30.3 Å². The molecule has 1 heterocycles. The van der Waals surface area contributed by atoms with Gasteiger partial charge in [0.2, 0.25) is 0 Å². The zero-order chi connectivity index (χ0) is 21.5. The number of amides is 2. The topological polar surface area (TPSA) is 83.4 Å². The largest absolute Gasteiger partial charge is 0.396 e. The fourth-order valence-electron chi connectivity index (χ4n) is 3.18. The van der Waals surface area contributed by atoms with E-state index in [1.807, 2.05) is 37.4 Å². The average Bonchev–Trinajstić information content (AvgIpc) is 3.11. The fraction of sp³-hybridized carbons (Fsp3) is 0.217. The number of aliphatic hydroxyl groups is 1. The summed E-state index contributed by atoms with van der Waals surface area (Å²) in [5.74, 6) is -0.902. The predicted octanol–water partition coefficient (Wildman–Crippen LogP) is 3.58. The van der Waals surface area contributed by atoms with Gasteiger partial charge in [-0.2, -0.15) is 0 Å². The van der Waals surface area contributed by atoms with Crippen molar-refractivity contribution < 1.29 is 14.7 Å². The summed E-state index contributed by atoms with van der Waals surface area (Å²) in [4.78, 5) is 25.5. The van der Waals surface area contributed by atoms with E-state index < -0.39 is 11.8 Å².